The first-order valence-electron chi connectivity index (χ1n) is 19.7. The van der Waals surface area contributed by atoms with Gasteiger partial charge in [-0.1, -0.05) is 87.5 Å². The zero-order valence-electron chi connectivity index (χ0n) is 33.6. The minimum atomic E-state index is -2.09. The minimum Gasteiger partial charge on any atom is -0.458 e. The van der Waals surface area contributed by atoms with Crippen LogP contribution >= 0.6 is 0 Å². The molecule has 3 aromatic carbocycles. The van der Waals surface area contributed by atoms with Gasteiger partial charge in [0.1, 0.15) is 17.8 Å². The fourth-order valence-electron chi connectivity index (χ4n) is 10.2. The van der Waals surface area contributed by atoms with Crippen molar-refractivity contribution in [1.29, 1.82) is 0 Å². The van der Waals surface area contributed by atoms with E-state index in [9.17, 15) is 29.4 Å². The topological polar surface area (TPSA) is 175 Å². The molecule has 12 heteroatoms. The Balaban J connectivity index is 1.34. The Bertz CT molecular complexity index is 2120. The van der Waals surface area contributed by atoms with Crippen molar-refractivity contribution in [1.82, 2.24) is 5.32 Å². The molecule has 12 nitrogen and oxygen atoms in total. The van der Waals surface area contributed by atoms with Crippen molar-refractivity contribution in [2.45, 2.75) is 103 Å². The van der Waals surface area contributed by atoms with Gasteiger partial charge in [-0.15, -0.1) is 0 Å². The molecule has 1 saturated heterocycles. The first-order valence-corrected chi connectivity index (χ1v) is 19.7. The maximum atomic E-state index is 15.3. The van der Waals surface area contributed by atoms with Gasteiger partial charge in [-0.2, -0.15) is 0 Å². The van der Waals surface area contributed by atoms with Gasteiger partial charge in [0.15, 0.2) is 11.9 Å². The third-order valence-corrected chi connectivity index (χ3v) is 13.5. The van der Waals surface area contributed by atoms with Gasteiger partial charge in [-0.3, -0.25) is 19.2 Å². The van der Waals surface area contributed by atoms with Crippen LogP contribution in [0.5, 0.6) is 0 Å². The molecule has 3 aliphatic carbocycles. The summed E-state index contributed by atoms with van der Waals surface area (Å²) >= 11 is 0. The van der Waals surface area contributed by atoms with E-state index in [1.807, 2.05) is 13.0 Å². The molecule has 10 atom stereocenters. The molecule has 1 heterocycles. The van der Waals surface area contributed by atoms with Crippen molar-refractivity contribution >= 4 is 29.6 Å². The normalized spacial score (nSPS) is 32.8. The highest BCUT2D eigenvalue weighted by Gasteiger charge is 2.75. The van der Waals surface area contributed by atoms with Crippen LogP contribution in [0.3, 0.4) is 0 Å². The number of nitrogens with one attached hydrogen (secondary N) is 1. The van der Waals surface area contributed by atoms with Gasteiger partial charge in [0.05, 0.1) is 42.3 Å². The lowest BCUT2D eigenvalue weighted by atomic mass is 9.42. The SMILES string of the molecule is CC(=O)O[C@H]1C(=O)[C@@]2(C)[C@H]([C@H](OC(=O)c3ccccc3)[C@]3(O)C[C@H](OC(=O)C[C@@H](NC(=O)c4ccccc4)c4ccccc4)C(C)=C1C3(C)C)[C@]1(C)CO[C@@H]1C[C@@H]2O. The van der Waals surface area contributed by atoms with E-state index in [4.69, 9.17) is 18.9 Å². The van der Waals surface area contributed by atoms with Crippen molar-refractivity contribution < 1.29 is 53.1 Å². The number of ketones is 1. The van der Waals surface area contributed by atoms with Crippen LogP contribution < -0.4 is 5.32 Å². The van der Waals surface area contributed by atoms with Crippen LogP contribution in [0.1, 0.15) is 93.1 Å². The number of aliphatic hydroxyl groups is 2. The Labute approximate surface area is 337 Å². The Morgan fingerprint density at radius 1 is 0.862 bits per heavy atom. The molecule has 0 spiro atoms. The molecule has 1 amide bonds. The average molecular weight is 794 g/mol. The number of amides is 1. The van der Waals surface area contributed by atoms with E-state index < -0.39 is 93.9 Å². The van der Waals surface area contributed by atoms with Crippen molar-refractivity contribution in [3.8, 4) is 0 Å². The molecule has 0 unspecified atom stereocenters. The van der Waals surface area contributed by atoms with Gasteiger partial charge in [0.2, 0.25) is 0 Å². The third-order valence-electron chi connectivity index (χ3n) is 13.5. The maximum absolute atomic E-state index is 15.3. The summed E-state index contributed by atoms with van der Waals surface area (Å²) in [5.74, 6) is -4.34. The minimum absolute atomic E-state index is 0.0882. The molecule has 3 aromatic rings. The molecular formula is C46H51NO11. The largest absolute Gasteiger partial charge is 0.458 e. The molecule has 306 valence electrons. The highest BCUT2D eigenvalue weighted by atomic mass is 16.6. The number of hydrogen-bond donors (Lipinski definition) is 3. The number of rotatable bonds is 9. The summed E-state index contributed by atoms with van der Waals surface area (Å²) < 4.78 is 24.6. The number of benzene rings is 3. The van der Waals surface area contributed by atoms with Crippen molar-refractivity contribution in [3.63, 3.8) is 0 Å². The van der Waals surface area contributed by atoms with Crippen LogP contribution in [0.4, 0.5) is 0 Å². The van der Waals surface area contributed by atoms with Gasteiger partial charge >= 0.3 is 17.9 Å². The lowest BCUT2D eigenvalue weighted by Gasteiger charge is -2.68. The van der Waals surface area contributed by atoms with E-state index >= 15 is 4.79 Å². The number of aliphatic hydroxyl groups excluding tert-OH is 1. The number of Topliss-reactive ketones (excluding diaryl/α,β-unsaturated/α-hetero) is 1. The van der Waals surface area contributed by atoms with E-state index in [0.717, 1.165) is 0 Å². The van der Waals surface area contributed by atoms with E-state index in [-0.39, 0.29) is 37.0 Å². The first kappa shape index (κ1) is 41.0. The van der Waals surface area contributed by atoms with Crippen LogP contribution in [-0.2, 0) is 33.3 Å². The Morgan fingerprint density at radius 2 is 1.45 bits per heavy atom. The molecule has 3 fully saturated rings. The summed E-state index contributed by atoms with van der Waals surface area (Å²) in [5.41, 5.74) is -4.34. The van der Waals surface area contributed by atoms with Gasteiger partial charge in [0, 0.05) is 42.1 Å². The first-order chi connectivity index (χ1) is 27.4. The summed E-state index contributed by atoms with van der Waals surface area (Å²) in [5, 5.41) is 28.5. The average Bonchev–Trinajstić information content (AvgIpc) is 3.20. The van der Waals surface area contributed by atoms with Crippen LogP contribution in [0.15, 0.2) is 102 Å². The summed E-state index contributed by atoms with van der Waals surface area (Å²) in [7, 11) is 0. The second kappa shape index (κ2) is 15.2. The standard InChI is InChI=1S/C46H51NO11/c1-26-32(57-35(50)22-31(28-16-10-7-11-17-28)47-41(52)29-18-12-8-13-19-29)24-46(54)40(58-42(53)30-20-14-9-15-21-30)38-44(5)25-55-34(44)23-33(49)45(38,6)39(51)37(56-27(2)48)36(26)43(46,3)4/h7-21,31-34,37-38,40,49,54H,22-25H2,1-6H3,(H,47,52)/t31-,32+,33+,34-,37-,38-,40+,44-,45-,46-/m1/s1. The van der Waals surface area contributed by atoms with Crippen molar-refractivity contribution in [2.75, 3.05) is 6.61 Å². The van der Waals surface area contributed by atoms with Crippen LogP contribution in [0.2, 0.25) is 0 Å². The quantitative estimate of drug-likeness (QED) is 0.142. The van der Waals surface area contributed by atoms with Gasteiger partial charge in [-0.05, 0) is 54.8 Å². The lowest BCUT2D eigenvalue weighted by molar-refractivity contribution is -0.313. The molecule has 3 N–H and O–H groups in total. The van der Waals surface area contributed by atoms with Gasteiger partial charge in [0.25, 0.3) is 5.91 Å². The fraction of sp³-hybridized carbons (Fsp3) is 0.457. The lowest BCUT2D eigenvalue weighted by Crippen LogP contribution is -2.77. The molecule has 4 aliphatic rings. The van der Waals surface area contributed by atoms with E-state index in [1.165, 1.54) is 6.92 Å². The fourth-order valence-corrected chi connectivity index (χ4v) is 10.2. The van der Waals surface area contributed by atoms with E-state index in [1.54, 1.807) is 113 Å². The van der Waals surface area contributed by atoms with E-state index in [0.29, 0.717) is 16.7 Å². The number of hydrogen-bond acceptors (Lipinski definition) is 11. The molecule has 0 radical (unpaired) electrons. The molecule has 2 bridgehead atoms. The molecular weight excluding hydrogens is 743 g/mol. The summed E-state index contributed by atoms with van der Waals surface area (Å²) in [6, 6.07) is 25.0. The second-order valence-electron chi connectivity index (χ2n) is 17.2. The highest BCUT2D eigenvalue weighted by Crippen LogP contribution is 2.66. The predicted octanol–water partition coefficient (Wildman–Crippen LogP) is 5.47. The van der Waals surface area contributed by atoms with Crippen LogP contribution in [-0.4, -0.2) is 82.5 Å². The number of fused-ring (bicyclic) bond motifs is 5. The molecule has 58 heavy (non-hydrogen) atoms. The monoisotopic (exact) mass is 793 g/mol. The Hall–Kier alpha value is -5.17. The number of esters is 3. The zero-order chi connectivity index (χ0) is 41.8. The number of carbonyl (C=O) groups excluding carboxylic acids is 5. The second-order valence-corrected chi connectivity index (χ2v) is 17.2. The number of ether oxygens (including phenoxy) is 4. The molecule has 7 rings (SSSR count). The van der Waals surface area contributed by atoms with Crippen molar-refractivity contribution in [2.24, 2.45) is 22.2 Å². The maximum Gasteiger partial charge on any atom is 0.338 e. The molecule has 0 aromatic heterocycles. The zero-order valence-corrected chi connectivity index (χ0v) is 33.6. The van der Waals surface area contributed by atoms with Crippen molar-refractivity contribution in [3.05, 3.63) is 119 Å². The molecule has 1 aliphatic heterocycles. The molecule has 2 saturated carbocycles. The summed E-state index contributed by atoms with van der Waals surface area (Å²) in [6.07, 6.45) is -6.65. The third kappa shape index (κ3) is 6.74. The smallest absolute Gasteiger partial charge is 0.338 e. The number of carbonyl (C=O) groups is 5. The van der Waals surface area contributed by atoms with Gasteiger partial charge in [-0.25, -0.2) is 4.79 Å². The van der Waals surface area contributed by atoms with Gasteiger partial charge < -0.3 is 34.5 Å². The Morgan fingerprint density at radius 3 is 2.02 bits per heavy atom. The summed E-state index contributed by atoms with van der Waals surface area (Å²) in [6.45, 7) is 9.84. The van der Waals surface area contributed by atoms with E-state index in [2.05, 4.69) is 5.32 Å². The van der Waals surface area contributed by atoms with Crippen LogP contribution in [0, 0.1) is 22.2 Å². The Kier molecular flexibility index (Phi) is 10.8. The predicted molar refractivity (Wildman–Crippen MR) is 210 cm³/mol. The van der Waals surface area contributed by atoms with Crippen LogP contribution in [0.25, 0.3) is 0 Å². The summed E-state index contributed by atoms with van der Waals surface area (Å²) in [4.78, 5) is 69.9. The highest BCUT2D eigenvalue weighted by molar-refractivity contribution is 5.96.